The molecule has 1 atom stereocenters. The van der Waals surface area contributed by atoms with Crippen LogP contribution < -0.4 is 14.8 Å². The molecule has 32 heavy (non-hydrogen) atoms. The van der Waals surface area contributed by atoms with E-state index in [1.807, 2.05) is 41.3 Å². The van der Waals surface area contributed by atoms with Gasteiger partial charge in [0.25, 0.3) is 0 Å². The quantitative estimate of drug-likeness (QED) is 0.585. The maximum absolute atomic E-state index is 13.5. The van der Waals surface area contributed by atoms with Crippen LogP contribution in [0.2, 0.25) is 0 Å². The third kappa shape index (κ3) is 4.17. The molecule has 0 saturated heterocycles. The van der Waals surface area contributed by atoms with Crippen molar-refractivity contribution >= 4 is 6.03 Å². The molecule has 6 heteroatoms. The standard InChI is InChI=1S/C26H31N3O3/c1-18(2)13-14-27-26(30)29-17-20-8-5-6-9-21(20)28-15-7-10-22(28)25(29)19-11-12-23(31-3)24(16-19)32-4/h5-12,15-16,18,25H,13-14,17H2,1-4H3,(H,27,30). The predicted octanol–water partition coefficient (Wildman–Crippen LogP) is 5.16. The van der Waals surface area contributed by atoms with E-state index in [4.69, 9.17) is 9.47 Å². The average Bonchev–Trinajstić information content (AvgIpc) is 3.22. The predicted molar refractivity (Wildman–Crippen MR) is 126 cm³/mol. The number of hydrogen-bond donors (Lipinski definition) is 1. The summed E-state index contributed by atoms with van der Waals surface area (Å²) in [5, 5.41) is 3.14. The zero-order chi connectivity index (χ0) is 22.7. The highest BCUT2D eigenvalue weighted by molar-refractivity contribution is 5.76. The van der Waals surface area contributed by atoms with E-state index in [1.54, 1.807) is 14.2 Å². The van der Waals surface area contributed by atoms with Gasteiger partial charge in [0.1, 0.15) is 0 Å². The fraction of sp³-hybridized carbons (Fsp3) is 0.346. The highest BCUT2D eigenvalue weighted by Gasteiger charge is 2.33. The minimum absolute atomic E-state index is 0.0742. The molecule has 168 valence electrons. The number of rotatable bonds is 6. The molecular weight excluding hydrogens is 402 g/mol. The molecule has 2 aromatic carbocycles. The summed E-state index contributed by atoms with van der Waals surface area (Å²) in [7, 11) is 3.25. The van der Waals surface area contributed by atoms with Crippen LogP contribution in [0.15, 0.2) is 60.8 Å². The second-order valence-electron chi connectivity index (χ2n) is 8.49. The molecule has 4 rings (SSSR count). The van der Waals surface area contributed by atoms with Gasteiger partial charge in [-0.25, -0.2) is 4.79 Å². The number of nitrogens with zero attached hydrogens (tertiary/aromatic N) is 2. The van der Waals surface area contributed by atoms with Gasteiger partial charge in [-0.1, -0.05) is 38.1 Å². The van der Waals surface area contributed by atoms with E-state index in [2.05, 4.69) is 48.1 Å². The number of para-hydroxylation sites is 1. The van der Waals surface area contributed by atoms with Gasteiger partial charge in [-0.05, 0) is 53.8 Å². The number of urea groups is 1. The molecule has 1 aliphatic heterocycles. The first-order chi connectivity index (χ1) is 15.5. The molecule has 6 nitrogen and oxygen atoms in total. The van der Waals surface area contributed by atoms with Gasteiger partial charge in [0.2, 0.25) is 0 Å². The van der Waals surface area contributed by atoms with Gasteiger partial charge in [-0.2, -0.15) is 0 Å². The van der Waals surface area contributed by atoms with E-state index in [-0.39, 0.29) is 12.1 Å². The Labute approximate surface area is 189 Å². The molecular formula is C26H31N3O3. The Morgan fingerprint density at radius 3 is 2.59 bits per heavy atom. The van der Waals surface area contributed by atoms with Crippen molar-refractivity contribution in [2.75, 3.05) is 20.8 Å². The van der Waals surface area contributed by atoms with E-state index < -0.39 is 0 Å². The molecule has 0 spiro atoms. The summed E-state index contributed by atoms with van der Waals surface area (Å²) in [5.41, 5.74) is 4.19. The lowest BCUT2D eigenvalue weighted by Gasteiger charge is -2.31. The fourth-order valence-corrected chi connectivity index (χ4v) is 4.28. The number of carbonyl (C=O) groups excluding carboxylic acids is 1. The van der Waals surface area contributed by atoms with Crippen molar-refractivity contribution in [3.05, 3.63) is 77.6 Å². The minimum atomic E-state index is -0.281. The number of methoxy groups -OCH3 is 2. The van der Waals surface area contributed by atoms with Crippen molar-refractivity contribution in [3.63, 3.8) is 0 Å². The summed E-state index contributed by atoms with van der Waals surface area (Å²) in [4.78, 5) is 15.4. The van der Waals surface area contributed by atoms with Gasteiger partial charge in [-0.15, -0.1) is 0 Å². The van der Waals surface area contributed by atoms with Gasteiger partial charge in [0.05, 0.1) is 32.5 Å². The van der Waals surface area contributed by atoms with Gasteiger partial charge >= 0.3 is 6.03 Å². The second-order valence-corrected chi connectivity index (χ2v) is 8.49. The molecule has 1 unspecified atom stereocenters. The lowest BCUT2D eigenvalue weighted by Crippen LogP contribution is -2.42. The van der Waals surface area contributed by atoms with Crippen LogP contribution in [-0.4, -0.2) is 36.3 Å². The lowest BCUT2D eigenvalue weighted by molar-refractivity contribution is 0.180. The number of carbonyl (C=O) groups is 1. The Morgan fingerprint density at radius 1 is 1.06 bits per heavy atom. The zero-order valence-electron chi connectivity index (χ0n) is 19.2. The summed E-state index contributed by atoms with van der Waals surface area (Å²) in [5.74, 6) is 1.83. The Hall–Kier alpha value is -3.41. The molecule has 1 aliphatic rings. The molecule has 2 amide bonds. The van der Waals surface area contributed by atoms with Crippen LogP contribution in [0.4, 0.5) is 4.79 Å². The maximum Gasteiger partial charge on any atom is 0.318 e. The van der Waals surface area contributed by atoms with E-state index >= 15 is 0 Å². The molecule has 0 saturated carbocycles. The van der Waals surface area contributed by atoms with Crippen molar-refractivity contribution in [2.24, 2.45) is 5.92 Å². The third-order valence-corrected chi connectivity index (χ3v) is 5.95. The first-order valence-corrected chi connectivity index (χ1v) is 11.1. The van der Waals surface area contributed by atoms with Gasteiger partial charge in [-0.3, -0.25) is 0 Å². The van der Waals surface area contributed by atoms with Gasteiger partial charge in [0.15, 0.2) is 11.5 Å². The van der Waals surface area contributed by atoms with Crippen LogP contribution >= 0.6 is 0 Å². The van der Waals surface area contributed by atoms with Crippen LogP contribution in [0.25, 0.3) is 5.69 Å². The number of amides is 2. The number of nitrogens with one attached hydrogen (secondary N) is 1. The zero-order valence-corrected chi connectivity index (χ0v) is 19.2. The van der Waals surface area contributed by atoms with Crippen molar-refractivity contribution < 1.29 is 14.3 Å². The fourth-order valence-electron chi connectivity index (χ4n) is 4.28. The minimum Gasteiger partial charge on any atom is -0.493 e. The summed E-state index contributed by atoms with van der Waals surface area (Å²) >= 11 is 0. The molecule has 0 aliphatic carbocycles. The summed E-state index contributed by atoms with van der Waals surface area (Å²) in [6, 6.07) is 17.9. The number of benzene rings is 2. The molecule has 0 bridgehead atoms. The summed E-state index contributed by atoms with van der Waals surface area (Å²) in [6.07, 6.45) is 3.00. The monoisotopic (exact) mass is 433 g/mol. The Balaban J connectivity index is 1.81. The van der Waals surface area contributed by atoms with Crippen LogP contribution in [0, 0.1) is 5.92 Å². The molecule has 2 heterocycles. The maximum atomic E-state index is 13.5. The van der Waals surface area contributed by atoms with Crippen molar-refractivity contribution in [2.45, 2.75) is 32.9 Å². The molecule has 1 N–H and O–H groups in total. The lowest BCUT2D eigenvalue weighted by atomic mass is 10.0. The van der Waals surface area contributed by atoms with Gasteiger partial charge in [0, 0.05) is 18.4 Å². The Bertz CT molecular complexity index is 1090. The first kappa shape index (κ1) is 21.8. The highest BCUT2D eigenvalue weighted by Crippen LogP contribution is 2.39. The smallest absolute Gasteiger partial charge is 0.318 e. The first-order valence-electron chi connectivity index (χ1n) is 11.1. The van der Waals surface area contributed by atoms with Crippen LogP contribution in [0.1, 0.15) is 43.1 Å². The largest absolute Gasteiger partial charge is 0.493 e. The van der Waals surface area contributed by atoms with E-state index in [0.717, 1.165) is 28.9 Å². The normalized spacial score (nSPS) is 15.0. The summed E-state index contributed by atoms with van der Waals surface area (Å²) < 4.78 is 13.2. The van der Waals surface area contributed by atoms with Crippen LogP contribution in [0.5, 0.6) is 11.5 Å². The van der Waals surface area contributed by atoms with Gasteiger partial charge < -0.3 is 24.3 Å². The van der Waals surface area contributed by atoms with Crippen molar-refractivity contribution in [3.8, 4) is 17.2 Å². The topological polar surface area (TPSA) is 55.7 Å². The number of ether oxygens (including phenoxy) is 2. The Morgan fingerprint density at radius 2 is 1.84 bits per heavy atom. The second kappa shape index (κ2) is 9.39. The molecule has 3 aromatic rings. The summed E-state index contributed by atoms with van der Waals surface area (Å²) in [6.45, 7) is 5.47. The molecule has 1 aromatic heterocycles. The van der Waals surface area contributed by atoms with E-state index in [1.165, 1.54) is 0 Å². The number of fused-ring (bicyclic) bond motifs is 3. The Kier molecular flexibility index (Phi) is 6.40. The third-order valence-electron chi connectivity index (χ3n) is 5.95. The highest BCUT2D eigenvalue weighted by atomic mass is 16.5. The molecule has 0 radical (unpaired) electrons. The number of hydrogen-bond acceptors (Lipinski definition) is 3. The molecule has 0 fully saturated rings. The van der Waals surface area contributed by atoms with E-state index in [9.17, 15) is 4.79 Å². The number of aromatic nitrogens is 1. The SMILES string of the molecule is COc1ccc(C2c3cccn3-c3ccccc3CN2C(=O)NCCC(C)C)cc1OC. The van der Waals surface area contributed by atoms with Crippen LogP contribution in [-0.2, 0) is 6.54 Å². The van der Waals surface area contributed by atoms with E-state index in [0.29, 0.717) is 30.5 Å². The van der Waals surface area contributed by atoms with Crippen molar-refractivity contribution in [1.29, 1.82) is 0 Å². The van der Waals surface area contributed by atoms with Crippen molar-refractivity contribution in [1.82, 2.24) is 14.8 Å². The average molecular weight is 434 g/mol. The van der Waals surface area contributed by atoms with Crippen LogP contribution in [0.3, 0.4) is 0 Å².